The average molecular weight is 305 g/mol. The summed E-state index contributed by atoms with van der Waals surface area (Å²) >= 11 is 3.78. The molecular weight excluding hydrogens is 288 g/mol. The van der Waals surface area contributed by atoms with Crippen LogP contribution in [0.2, 0.25) is 0 Å². The van der Waals surface area contributed by atoms with Gasteiger partial charge < -0.3 is 9.88 Å². The van der Waals surface area contributed by atoms with E-state index in [-0.39, 0.29) is 0 Å². The van der Waals surface area contributed by atoms with E-state index in [1.165, 1.54) is 46.7 Å². The first-order valence-electron chi connectivity index (χ1n) is 6.74. The molecule has 4 rings (SSSR count). The summed E-state index contributed by atoms with van der Waals surface area (Å²) in [5.41, 5.74) is 4.35. The molecule has 1 aromatic heterocycles. The Labute approximate surface area is 115 Å². The van der Waals surface area contributed by atoms with Crippen LogP contribution in [0, 0.1) is 0 Å². The molecule has 2 aliphatic rings. The molecule has 18 heavy (non-hydrogen) atoms. The van der Waals surface area contributed by atoms with Crippen LogP contribution in [0.3, 0.4) is 0 Å². The van der Waals surface area contributed by atoms with Crippen LogP contribution in [0.5, 0.6) is 0 Å². The van der Waals surface area contributed by atoms with E-state index < -0.39 is 0 Å². The third-order valence-corrected chi connectivity index (χ3v) is 5.46. The van der Waals surface area contributed by atoms with Gasteiger partial charge in [-0.1, -0.05) is 15.9 Å². The molecule has 1 fully saturated rings. The number of likely N-dealkylation sites (tertiary alicyclic amines) is 1. The highest BCUT2D eigenvalue weighted by atomic mass is 79.9. The lowest BCUT2D eigenvalue weighted by atomic mass is 9.75. The smallest absolute Gasteiger partial charge is 0.0460 e. The van der Waals surface area contributed by atoms with Gasteiger partial charge in [0.05, 0.1) is 0 Å². The number of likely N-dealkylation sites (N-methyl/N-ethyl adjacent to an activating group) is 1. The van der Waals surface area contributed by atoms with E-state index in [2.05, 4.69) is 51.2 Å². The lowest BCUT2D eigenvalue weighted by Gasteiger charge is -2.42. The molecule has 1 aromatic carbocycles. The summed E-state index contributed by atoms with van der Waals surface area (Å²) in [6, 6.07) is 5.08. The number of nitrogens with one attached hydrogen (secondary N) is 1. The van der Waals surface area contributed by atoms with Gasteiger partial charge in [0.25, 0.3) is 0 Å². The Hall–Kier alpha value is -0.800. The minimum absolute atomic E-state index is 0.684. The maximum atomic E-state index is 3.78. The maximum absolute atomic E-state index is 3.78. The number of piperidine rings is 1. The van der Waals surface area contributed by atoms with Gasteiger partial charge in [0, 0.05) is 33.5 Å². The van der Waals surface area contributed by atoms with E-state index in [9.17, 15) is 0 Å². The van der Waals surface area contributed by atoms with Crippen molar-refractivity contribution in [3.05, 3.63) is 33.9 Å². The molecule has 0 spiro atoms. The Balaban J connectivity index is 1.99. The van der Waals surface area contributed by atoms with Crippen molar-refractivity contribution in [2.24, 2.45) is 0 Å². The zero-order valence-corrected chi connectivity index (χ0v) is 12.1. The van der Waals surface area contributed by atoms with Gasteiger partial charge in [-0.2, -0.15) is 0 Å². The Morgan fingerprint density at radius 2 is 2.28 bits per heavy atom. The van der Waals surface area contributed by atoms with Crippen LogP contribution in [0.15, 0.2) is 22.8 Å². The first-order chi connectivity index (χ1) is 8.75. The van der Waals surface area contributed by atoms with Gasteiger partial charge in [0.15, 0.2) is 0 Å². The zero-order valence-electron chi connectivity index (χ0n) is 10.5. The summed E-state index contributed by atoms with van der Waals surface area (Å²) in [5, 5.41) is 1.49. The topological polar surface area (TPSA) is 19.0 Å². The fourth-order valence-electron chi connectivity index (χ4n) is 3.91. The number of halogens is 1. The van der Waals surface area contributed by atoms with Gasteiger partial charge in [0.1, 0.15) is 0 Å². The first kappa shape index (κ1) is 11.1. The van der Waals surface area contributed by atoms with E-state index in [0.29, 0.717) is 12.0 Å². The molecule has 1 N–H and O–H groups in total. The lowest BCUT2D eigenvalue weighted by molar-refractivity contribution is 0.157. The Morgan fingerprint density at radius 1 is 1.39 bits per heavy atom. The molecule has 1 aliphatic heterocycles. The minimum Gasteiger partial charge on any atom is -0.361 e. The summed E-state index contributed by atoms with van der Waals surface area (Å²) in [5.74, 6) is 0.699. The number of aromatic nitrogens is 1. The number of nitrogens with zero attached hydrogens (tertiary/aromatic N) is 1. The molecule has 2 unspecified atom stereocenters. The molecule has 0 radical (unpaired) electrons. The summed E-state index contributed by atoms with van der Waals surface area (Å²) in [6.07, 6.45) is 6.06. The van der Waals surface area contributed by atoms with Crippen LogP contribution in [-0.4, -0.2) is 29.5 Å². The van der Waals surface area contributed by atoms with Crippen LogP contribution >= 0.6 is 15.9 Å². The maximum Gasteiger partial charge on any atom is 0.0460 e. The fraction of sp³-hybridized carbons (Fsp3) is 0.467. The molecule has 1 saturated heterocycles. The molecule has 0 saturated carbocycles. The average Bonchev–Trinajstić information content (AvgIpc) is 2.78. The molecular formula is C15H17BrN2. The summed E-state index contributed by atoms with van der Waals surface area (Å²) in [7, 11) is 2.28. The van der Waals surface area contributed by atoms with E-state index in [4.69, 9.17) is 0 Å². The van der Waals surface area contributed by atoms with Gasteiger partial charge in [-0.15, -0.1) is 0 Å². The number of aromatic amines is 1. The second-order valence-electron chi connectivity index (χ2n) is 5.70. The van der Waals surface area contributed by atoms with Crippen molar-refractivity contribution in [3.8, 4) is 0 Å². The number of rotatable bonds is 0. The van der Waals surface area contributed by atoms with Crippen molar-refractivity contribution in [1.82, 2.24) is 9.88 Å². The number of benzene rings is 1. The minimum atomic E-state index is 0.684. The quantitative estimate of drug-likeness (QED) is 0.787. The van der Waals surface area contributed by atoms with Crippen molar-refractivity contribution < 1.29 is 0 Å². The van der Waals surface area contributed by atoms with Gasteiger partial charge in [0.2, 0.25) is 0 Å². The van der Waals surface area contributed by atoms with Crippen LogP contribution in [-0.2, 0) is 6.42 Å². The molecule has 2 atom stereocenters. The van der Waals surface area contributed by atoms with Crippen molar-refractivity contribution >= 4 is 26.8 Å². The van der Waals surface area contributed by atoms with Gasteiger partial charge in [-0.25, -0.2) is 0 Å². The Morgan fingerprint density at radius 3 is 3.17 bits per heavy atom. The highest BCUT2D eigenvalue weighted by molar-refractivity contribution is 9.10. The monoisotopic (exact) mass is 304 g/mol. The number of hydrogen-bond acceptors (Lipinski definition) is 1. The Kier molecular flexibility index (Phi) is 2.36. The first-order valence-corrected chi connectivity index (χ1v) is 7.53. The largest absolute Gasteiger partial charge is 0.361 e. The lowest BCUT2D eigenvalue weighted by Crippen LogP contribution is -2.44. The third kappa shape index (κ3) is 1.38. The summed E-state index contributed by atoms with van der Waals surface area (Å²) in [4.78, 5) is 5.98. The van der Waals surface area contributed by atoms with Crippen molar-refractivity contribution in [2.75, 3.05) is 13.6 Å². The van der Waals surface area contributed by atoms with Crippen LogP contribution < -0.4 is 0 Å². The predicted octanol–water partition coefficient (Wildman–Crippen LogP) is 3.66. The van der Waals surface area contributed by atoms with Crippen LogP contribution in [0.4, 0.5) is 0 Å². The van der Waals surface area contributed by atoms with Gasteiger partial charge >= 0.3 is 0 Å². The van der Waals surface area contributed by atoms with E-state index in [1.54, 1.807) is 5.56 Å². The molecule has 2 nitrogen and oxygen atoms in total. The second kappa shape index (κ2) is 3.84. The van der Waals surface area contributed by atoms with Crippen LogP contribution in [0.1, 0.15) is 29.9 Å². The van der Waals surface area contributed by atoms with Crippen LogP contribution in [0.25, 0.3) is 10.9 Å². The molecule has 94 valence electrons. The van der Waals surface area contributed by atoms with Gasteiger partial charge in [-0.05, 0) is 56.1 Å². The number of fused-ring (bicyclic) bond motifs is 2. The van der Waals surface area contributed by atoms with E-state index in [1.807, 2.05) is 0 Å². The standard InChI is InChI=1S/C15H17BrN2/c1-18-6-2-3-10-13(18)7-9-8-17-12-5-4-11(16)15(10)14(9)12/h4-5,8,10,13,17H,2-3,6-7H2,1H3. The summed E-state index contributed by atoms with van der Waals surface area (Å²) in [6.45, 7) is 1.24. The number of hydrogen-bond donors (Lipinski definition) is 1. The fourth-order valence-corrected chi connectivity index (χ4v) is 4.53. The molecule has 2 aromatic rings. The SMILES string of the molecule is CN1CCCC2c3c(Br)ccc4[nH]cc(c34)CC21. The molecule has 0 amide bonds. The third-order valence-electron chi connectivity index (χ3n) is 4.77. The van der Waals surface area contributed by atoms with E-state index in [0.717, 1.165) is 0 Å². The second-order valence-corrected chi connectivity index (χ2v) is 6.55. The molecule has 1 aliphatic carbocycles. The molecule has 0 bridgehead atoms. The van der Waals surface area contributed by atoms with Crippen molar-refractivity contribution in [3.63, 3.8) is 0 Å². The highest BCUT2D eigenvalue weighted by Gasteiger charge is 2.36. The Bertz CT molecular complexity index is 616. The van der Waals surface area contributed by atoms with Crippen molar-refractivity contribution in [2.45, 2.75) is 31.2 Å². The number of H-pyrrole nitrogens is 1. The van der Waals surface area contributed by atoms with Gasteiger partial charge in [-0.3, -0.25) is 0 Å². The molecule has 2 heterocycles. The zero-order chi connectivity index (χ0) is 12.3. The van der Waals surface area contributed by atoms with Crippen molar-refractivity contribution in [1.29, 1.82) is 0 Å². The summed E-state index contributed by atoms with van der Waals surface area (Å²) < 4.78 is 1.29. The normalized spacial score (nSPS) is 27.4. The predicted molar refractivity (Wildman–Crippen MR) is 78.1 cm³/mol. The molecule has 3 heteroatoms. The van der Waals surface area contributed by atoms with E-state index >= 15 is 0 Å². The highest BCUT2D eigenvalue weighted by Crippen LogP contribution is 2.45.